The third-order valence-corrected chi connectivity index (χ3v) is 5.12. The van der Waals surface area contributed by atoms with Gasteiger partial charge in [0.15, 0.2) is 5.96 Å². The van der Waals surface area contributed by atoms with Crippen molar-refractivity contribution in [2.75, 3.05) is 72.3 Å². The molecule has 1 fully saturated rings. The first-order valence-corrected chi connectivity index (χ1v) is 10.3. The van der Waals surface area contributed by atoms with Crippen LogP contribution >= 0.6 is 11.8 Å². The van der Waals surface area contributed by atoms with Crippen molar-refractivity contribution in [3.63, 3.8) is 0 Å². The molecule has 0 atom stereocenters. The van der Waals surface area contributed by atoms with E-state index in [1.54, 1.807) is 30.8 Å². The lowest BCUT2D eigenvalue weighted by Crippen LogP contribution is -2.45. The Hall–Kier alpha value is -1.77. The molecule has 8 heteroatoms. The van der Waals surface area contributed by atoms with Crippen molar-refractivity contribution >= 4 is 23.6 Å². The minimum Gasteiger partial charge on any atom is -0.379 e. The van der Waals surface area contributed by atoms with Crippen molar-refractivity contribution in [3.05, 3.63) is 30.3 Å². The first-order chi connectivity index (χ1) is 13.1. The fourth-order valence-corrected chi connectivity index (χ4v) is 3.26. The molecule has 0 radical (unpaired) electrons. The van der Waals surface area contributed by atoms with Crippen LogP contribution in [0.2, 0.25) is 0 Å². The average Bonchev–Trinajstić information content (AvgIpc) is 2.70. The Kier molecular flexibility index (Phi) is 10.0. The van der Waals surface area contributed by atoms with Crippen LogP contribution in [0, 0.1) is 0 Å². The summed E-state index contributed by atoms with van der Waals surface area (Å²) in [5.74, 6) is 1.60. The predicted molar refractivity (Wildman–Crippen MR) is 111 cm³/mol. The molecule has 1 aromatic rings. The number of carbonyl (C=O) groups is 1. The van der Waals surface area contributed by atoms with Crippen LogP contribution in [-0.4, -0.2) is 94.0 Å². The van der Waals surface area contributed by atoms with Gasteiger partial charge in [-0.15, -0.1) is 11.8 Å². The topological polar surface area (TPSA) is 69.2 Å². The van der Waals surface area contributed by atoms with Gasteiger partial charge in [0.05, 0.1) is 13.2 Å². The van der Waals surface area contributed by atoms with Crippen LogP contribution in [0.15, 0.2) is 40.2 Å². The van der Waals surface area contributed by atoms with E-state index in [1.165, 1.54) is 4.90 Å². The molecule has 0 aromatic heterocycles. The van der Waals surface area contributed by atoms with E-state index in [9.17, 15) is 4.79 Å². The molecular weight excluding hydrogens is 362 g/mol. The Morgan fingerprint density at radius 2 is 1.89 bits per heavy atom. The lowest BCUT2D eigenvalue weighted by molar-refractivity contribution is -0.127. The van der Waals surface area contributed by atoms with E-state index in [0.717, 1.165) is 51.7 Å². The van der Waals surface area contributed by atoms with E-state index in [2.05, 4.69) is 32.7 Å². The number of guanidine groups is 1. The molecule has 2 N–H and O–H groups in total. The Labute approximate surface area is 166 Å². The summed E-state index contributed by atoms with van der Waals surface area (Å²) in [5.41, 5.74) is 0. The van der Waals surface area contributed by atoms with E-state index in [0.29, 0.717) is 5.96 Å². The number of amides is 1. The molecule has 27 heavy (non-hydrogen) atoms. The molecule has 0 aliphatic carbocycles. The fraction of sp³-hybridized carbons (Fsp3) is 0.579. The summed E-state index contributed by atoms with van der Waals surface area (Å²) in [6, 6.07) is 10.3. The van der Waals surface area contributed by atoms with Gasteiger partial charge in [0.25, 0.3) is 0 Å². The number of hydrogen-bond acceptors (Lipinski definition) is 5. The Balaban J connectivity index is 1.75. The predicted octanol–water partition coefficient (Wildman–Crippen LogP) is 0.734. The molecule has 2 rings (SSSR count). The Morgan fingerprint density at radius 3 is 2.59 bits per heavy atom. The molecule has 1 heterocycles. The second kappa shape index (κ2) is 12.6. The van der Waals surface area contributed by atoms with Crippen molar-refractivity contribution in [2.24, 2.45) is 4.99 Å². The van der Waals surface area contributed by atoms with Crippen molar-refractivity contribution in [3.8, 4) is 0 Å². The van der Waals surface area contributed by atoms with Crippen LogP contribution in [-0.2, 0) is 9.53 Å². The second-order valence-electron chi connectivity index (χ2n) is 6.42. The number of nitrogens with one attached hydrogen (secondary N) is 2. The number of carbonyl (C=O) groups excluding carboxylic acids is 1. The summed E-state index contributed by atoms with van der Waals surface area (Å²) in [4.78, 5) is 21.4. The molecule has 150 valence electrons. The number of morpholine rings is 1. The largest absolute Gasteiger partial charge is 0.379 e. The van der Waals surface area contributed by atoms with Crippen molar-refractivity contribution in [1.29, 1.82) is 0 Å². The molecule has 0 bridgehead atoms. The van der Waals surface area contributed by atoms with Gasteiger partial charge in [0.1, 0.15) is 6.54 Å². The van der Waals surface area contributed by atoms with Crippen LogP contribution in [0.4, 0.5) is 0 Å². The molecule has 1 amide bonds. The molecule has 0 spiro atoms. The number of thioether (sulfide) groups is 1. The van der Waals surface area contributed by atoms with Gasteiger partial charge in [-0.05, 0) is 12.1 Å². The Bertz CT molecular complexity index is 577. The zero-order chi connectivity index (χ0) is 19.3. The summed E-state index contributed by atoms with van der Waals surface area (Å²) >= 11 is 1.80. The summed E-state index contributed by atoms with van der Waals surface area (Å²) in [6.45, 7) is 6.17. The summed E-state index contributed by atoms with van der Waals surface area (Å²) in [7, 11) is 3.49. The van der Waals surface area contributed by atoms with Crippen molar-refractivity contribution in [2.45, 2.75) is 4.90 Å². The van der Waals surface area contributed by atoms with Crippen molar-refractivity contribution < 1.29 is 9.53 Å². The maximum atomic E-state index is 11.8. The maximum Gasteiger partial charge on any atom is 0.243 e. The van der Waals surface area contributed by atoms with Gasteiger partial charge >= 0.3 is 0 Å². The van der Waals surface area contributed by atoms with E-state index >= 15 is 0 Å². The first kappa shape index (κ1) is 21.5. The summed E-state index contributed by atoms with van der Waals surface area (Å²) in [5, 5.41) is 6.66. The van der Waals surface area contributed by atoms with Crippen LogP contribution in [0.5, 0.6) is 0 Å². The molecule has 1 aromatic carbocycles. The van der Waals surface area contributed by atoms with E-state index in [1.807, 2.05) is 18.2 Å². The number of nitrogens with zero attached hydrogens (tertiary/aromatic N) is 3. The zero-order valence-corrected chi connectivity index (χ0v) is 17.1. The molecular formula is C19H31N5O2S. The third-order valence-electron chi connectivity index (χ3n) is 4.10. The minimum absolute atomic E-state index is 0.0112. The normalized spacial score (nSPS) is 15.4. The second-order valence-corrected chi connectivity index (χ2v) is 7.59. The number of ether oxygens (including phenoxy) is 1. The summed E-state index contributed by atoms with van der Waals surface area (Å²) in [6.07, 6.45) is 0. The number of hydrogen-bond donors (Lipinski definition) is 2. The smallest absolute Gasteiger partial charge is 0.243 e. The van der Waals surface area contributed by atoms with Gasteiger partial charge in [-0.25, -0.2) is 4.99 Å². The molecule has 1 saturated heterocycles. The highest BCUT2D eigenvalue weighted by Gasteiger charge is 2.10. The number of rotatable bonds is 9. The SMILES string of the molecule is CN(C)C(=O)CN=C(NCCSc1ccccc1)NCCN1CCOCC1. The van der Waals surface area contributed by atoms with Gasteiger partial charge in [-0.3, -0.25) is 9.69 Å². The highest BCUT2D eigenvalue weighted by atomic mass is 32.2. The van der Waals surface area contributed by atoms with Gasteiger partial charge in [0, 0.05) is 57.5 Å². The van der Waals surface area contributed by atoms with Gasteiger partial charge < -0.3 is 20.3 Å². The first-order valence-electron chi connectivity index (χ1n) is 9.35. The zero-order valence-electron chi connectivity index (χ0n) is 16.3. The molecule has 1 aliphatic rings. The molecule has 1 aliphatic heterocycles. The lowest BCUT2D eigenvalue weighted by Gasteiger charge is -2.26. The Morgan fingerprint density at radius 1 is 1.19 bits per heavy atom. The molecule has 7 nitrogen and oxygen atoms in total. The van der Waals surface area contributed by atoms with E-state index in [4.69, 9.17) is 4.74 Å². The third kappa shape index (κ3) is 9.12. The number of likely N-dealkylation sites (N-methyl/N-ethyl adjacent to an activating group) is 1. The lowest BCUT2D eigenvalue weighted by atomic mass is 10.4. The van der Waals surface area contributed by atoms with E-state index < -0.39 is 0 Å². The van der Waals surface area contributed by atoms with Crippen molar-refractivity contribution in [1.82, 2.24) is 20.4 Å². The van der Waals surface area contributed by atoms with Crippen LogP contribution in [0.1, 0.15) is 0 Å². The maximum absolute atomic E-state index is 11.8. The van der Waals surface area contributed by atoms with Crippen LogP contribution in [0.25, 0.3) is 0 Å². The molecule has 0 saturated carbocycles. The van der Waals surface area contributed by atoms with Gasteiger partial charge in [-0.2, -0.15) is 0 Å². The summed E-state index contributed by atoms with van der Waals surface area (Å²) < 4.78 is 5.37. The van der Waals surface area contributed by atoms with E-state index in [-0.39, 0.29) is 12.5 Å². The average molecular weight is 394 g/mol. The highest BCUT2D eigenvalue weighted by molar-refractivity contribution is 7.99. The van der Waals surface area contributed by atoms with Gasteiger partial charge in [-0.1, -0.05) is 18.2 Å². The number of benzene rings is 1. The fourth-order valence-electron chi connectivity index (χ4n) is 2.47. The van der Waals surface area contributed by atoms with Crippen LogP contribution in [0.3, 0.4) is 0 Å². The number of aliphatic imine (C=N–C) groups is 1. The monoisotopic (exact) mass is 393 g/mol. The standard InChI is InChI=1S/C19H31N5O2S/c1-23(2)18(25)16-22-19(20-8-10-24-11-13-26-14-12-24)21-9-15-27-17-6-4-3-5-7-17/h3-7H,8-16H2,1-2H3,(H2,20,21,22). The molecule has 0 unspecified atom stereocenters. The highest BCUT2D eigenvalue weighted by Crippen LogP contribution is 2.15. The van der Waals surface area contributed by atoms with Crippen LogP contribution < -0.4 is 10.6 Å². The minimum atomic E-state index is -0.0112. The quantitative estimate of drug-likeness (QED) is 0.279. The van der Waals surface area contributed by atoms with Gasteiger partial charge in [0.2, 0.25) is 5.91 Å².